The Morgan fingerprint density at radius 3 is 2.70 bits per heavy atom. The Hall–Kier alpha value is -3.26. The van der Waals surface area contributed by atoms with E-state index in [0.29, 0.717) is 19.4 Å². The van der Waals surface area contributed by atoms with E-state index in [-0.39, 0.29) is 5.91 Å². The molecule has 0 atom stereocenters. The third-order valence-corrected chi connectivity index (χ3v) is 5.35. The molecule has 4 rings (SSSR count). The molecule has 0 radical (unpaired) electrons. The number of benzene rings is 1. The van der Waals surface area contributed by atoms with E-state index in [4.69, 9.17) is 5.10 Å². The van der Waals surface area contributed by atoms with E-state index >= 15 is 0 Å². The molecule has 0 saturated heterocycles. The lowest BCUT2D eigenvalue weighted by atomic mass is 10.0. The van der Waals surface area contributed by atoms with Crippen molar-refractivity contribution >= 4 is 17.1 Å². The number of carbonyl (C=O) groups excluding carboxylic acids is 1. The smallest absolute Gasteiger partial charge is 0.220 e. The lowest BCUT2D eigenvalue weighted by molar-refractivity contribution is -0.121. The Balaban J connectivity index is 1.55. The van der Waals surface area contributed by atoms with Crippen molar-refractivity contribution in [1.82, 2.24) is 34.4 Å². The molecule has 0 saturated carbocycles. The van der Waals surface area contributed by atoms with Gasteiger partial charge in [-0.2, -0.15) is 5.10 Å². The van der Waals surface area contributed by atoms with Crippen LogP contribution < -0.4 is 5.32 Å². The molecule has 1 N–H and O–H groups in total. The molecule has 8 heteroatoms. The van der Waals surface area contributed by atoms with E-state index < -0.39 is 0 Å². The largest absolute Gasteiger partial charge is 0.355 e. The average Bonchev–Trinajstić information content (AvgIpc) is 3.31. The SMILES string of the molecule is Cc1ccc(-c2cc3c4nnc(CCC(=O)NCCN(C)C)n4ccn3n2)cc1C. The summed E-state index contributed by atoms with van der Waals surface area (Å²) < 4.78 is 3.76. The van der Waals surface area contributed by atoms with Crippen LogP contribution in [0.5, 0.6) is 0 Å². The fourth-order valence-electron chi connectivity index (χ4n) is 3.40. The van der Waals surface area contributed by atoms with Crippen LogP contribution in [0, 0.1) is 13.8 Å². The van der Waals surface area contributed by atoms with E-state index in [1.54, 1.807) is 0 Å². The minimum atomic E-state index is 0.0241. The van der Waals surface area contributed by atoms with Gasteiger partial charge in [-0.05, 0) is 51.2 Å². The first kappa shape index (κ1) is 20.0. The maximum Gasteiger partial charge on any atom is 0.220 e. The molecule has 1 aromatic carbocycles. The first-order valence-corrected chi connectivity index (χ1v) is 10.1. The van der Waals surface area contributed by atoms with Crippen LogP contribution in [0.3, 0.4) is 0 Å². The Morgan fingerprint density at radius 2 is 1.93 bits per heavy atom. The lowest BCUT2D eigenvalue weighted by Crippen LogP contribution is -2.31. The van der Waals surface area contributed by atoms with E-state index in [1.165, 1.54) is 11.1 Å². The predicted octanol–water partition coefficient (Wildman–Crippen LogP) is 2.27. The number of hydrogen-bond donors (Lipinski definition) is 1. The van der Waals surface area contributed by atoms with Crippen LogP contribution >= 0.6 is 0 Å². The van der Waals surface area contributed by atoms with E-state index in [9.17, 15) is 4.79 Å². The molecule has 0 aliphatic carbocycles. The number of rotatable bonds is 7. The topological polar surface area (TPSA) is 79.8 Å². The van der Waals surface area contributed by atoms with Gasteiger partial charge in [0.2, 0.25) is 5.91 Å². The molecule has 1 amide bonds. The van der Waals surface area contributed by atoms with Gasteiger partial charge < -0.3 is 10.2 Å². The van der Waals surface area contributed by atoms with Gasteiger partial charge in [-0.1, -0.05) is 12.1 Å². The molecule has 0 bridgehead atoms. The summed E-state index contributed by atoms with van der Waals surface area (Å²) in [5.41, 5.74) is 6.11. The first-order valence-electron chi connectivity index (χ1n) is 10.1. The summed E-state index contributed by atoms with van der Waals surface area (Å²) in [5.74, 6) is 0.792. The van der Waals surface area contributed by atoms with Crippen LogP contribution in [0.4, 0.5) is 0 Å². The minimum absolute atomic E-state index is 0.0241. The fourth-order valence-corrected chi connectivity index (χ4v) is 3.40. The maximum absolute atomic E-state index is 12.1. The summed E-state index contributed by atoms with van der Waals surface area (Å²) in [6.07, 6.45) is 4.71. The highest BCUT2D eigenvalue weighted by Crippen LogP contribution is 2.24. The van der Waals surface area contributed by atoms with Crippen molar-refractivity contribution in [2.24, 2.45) is 0 Å². The molecular formula is C22H27N7O. The summed E-state index contributed by atoms with van der Waals surface area (Å²) in [4.78, 5) is 14.1. The number of nitrogens with zero attached hydrogens (tertiary/aromatic N) is 6. The van der Waals surface area contributed by atoms with E-state index in [0.717, 1.165) is 34.8 Å². The molecule has 3 heterocycles. The zero-order valence-corrected chi connectivity index (χ0v) is 17.9. The molecule has 4 aromatic rings. The van der Waals surface area contributed by atoms with Gasteiger partial charge in [-0.25, -0.2) is 4.52 Å². The van der Waals surface area contributed by atoms with Crippen LogP contribution in [0.15, 0.2) is 36.7 Å². The molecule has 0 aliphatic heterocycles. The van der Waals surface area contributed by atoms with Crippen molar-refractivity contribution < 1.29 is 4.79 Å². The van der Waals surface area contributed by atoms with Crippen molar-refractivity contribution in [3.8, 4) is 11.3 Å². The third kappa shape index (κ3) is 4.04. The van der Waals surface area contributed by atoms with Crippen LogP contribution in [0.25, 0.3) is 22.4 Å². The molecular weight excluding hydrogens is 378 g/mol. The molecule has 30 heavy (non-hydrogen) atoms. The highest BCUT2D eigenvalue weighted by molar-refractivity contribution is 5.77. The number of aromatic nitrogens is 5. The standard InChI is InChI=1S/C22H27N7O/c1-15-5-6-17(13-16(15)2)18-14-19-22-25-24-20(28(22)11-12-29(19)26-18)7-8-21(30)23-9-10-27(3)4/h5-6,11-14H,7-10H2,1-4H3,(H,23,30). The van der Waals surface area contributed by atoms with Gasteiger partial charge in [0.25, 0.3) is 0 Å². The number of fused-ring (bicyclic) bond motifs is 3. The Bertz CT molecular complexity index is 1210. The average molecular weight is 406 g/mol. The van der Waals surface area contributed by atoms with Gasteiger partial charge in [0, 0.05) is 43.9 Å². The Morgan fingerprint density at radius 1 is 1.10 bits per heavy atom. The third-order valence-electron chi connectivity index (χ3n) is 5.35. The van der Waals surface area contributed by atoms with Gasteiger partial charge in [-0.15, -0.1) is 10.2 Å². The molecule has 0 fully saturated rings. The van der Waals surface area contributed by atoms with Gasteiger partial charge in [0.15, 0.2) is 5.65 Å². The maximum atomic E-state index is 12.1. The summed E-state index contributed by atoms with van der Waals surface area (Å²) in [7, 11) is 3.97. The molecule has 0 unspecified atom stereocenters. The number of likely N-dealkylation sites (N-methyl/N-ethyl adjacent to an activating group) is 1. The second-order valence-electron chi connectivity index (χ2n) is 7.92. The highest BCUT2D eigenvalue weighted by Gasteiger charge is 2.14. The van der Waals surface area contributed by atoms with Crippen molar-refractivity contribution in [3.63, 3.8) is 0 Å². The molecule has 3 aromatic heterocycles. The van der Waals surface area contributed by atoms with Gasteiger partial charge in [0.05, 0.1) is 5.69 Å². The molecule has 156 valence electrons. The second kappa shape index (κ2) is 8.23. The van der Waals surface area contributed by atoms with Crippen LogP contribution in [0.1, 0.15) is 23.4 Å². The summed E-state index contributed by atoms with van der Waals surface area (Å²) in [6.45, 7) is 5.67. The predicted molar refractivity (Wildman–Crippen MR) is 117 cm³/mol. The van der Waals surface area contributed by atoms with Crippen molar-refractivity contribution in [2.75, 3.05) is 27.2 Å². The van der Waals surface area contributed by atoms with Crippen LogP contribution in [-0.2, 0) is 11.2 Å². The van der Waals surface area contributed by atoms with E-state index in [2.05, 4.69) is 47.6 Å². The normalized spacial score (nSPS) is 11.6. The first-order chi connectivity index (χ1) is 14.4. The van der Waals surface area contributed by atoms with Gasteiger partial charge >= 0.3 is 0 Å². The van der Waals surface area contributed by atoms with Crippen molar-refractivity contribution in [1.29, 1.82) is 0 Å². The number of nitrogens with one attached hydrogen (secondary N) is 1. The zero-order chi connectivity index (χ0) is 21.3. The zero-order valence-electron chi connectivity index (χ0n) is 17.9. The molecule has 0 aliphatic rings. The van der Waals surface area contributed by atoms with Gasteiger partial charge in [-0.3, -0.25) is 9.20 Å². The van der Waals surface area contributed by atoms with Gasteiger partial charge in [0.1, 0.15) is 11.3 Å². The number of hydrogen-bond acceptors (Lipinski definition) is 5. The molecule has 0 spiro atoms. The van der Waals surface area contributed by atoms with Crippen molar-refractivity contribution in [3.05, 3.63) is 53.6 Å². The quantitative estimate of drug-likeness (QED) is 0.510. The monoisotopic (exact) mass is 405 g/mol. The Kier molecular flexibility index (Phi) is 5.50. The summed E-state index contributed by atoms with van der Waals surface area (Å²) in [6, 6.07) is 8.39. The summed E-state index contributed by atoms with van der Waals surface area (Å²) >= 11 is 0. The second-order valence-corrected chi connectivity index (χ2v) is 7.92. The molecule has 8 nitrogen and oxygen atoms in total. The Labute approximate surface area is 175 Å². The van der Waals surface area contributed by atoms with Crippen molar-refractivity contribution in [2.45, 2.75) is 26.7 Å². The van der Waals surface area contributed by atoms with Crippen LogP contribution in [0.2, 0.25) is 0 Å². The fraction of sp³-hybridized carbons (Fsp3) is 0.364. The minimum Gasteiger partial charge on any atom is -0.355 e. The lowest BCUT2D eigenvalue weighted by Gasteiger charge is -2.10. The highest BCUT2D eigenvalue weighted by atomic mass is 16.1. The number of aryl methyl sites for hydroxylation is 3. The number of amides is 1. The van der Waals surface area contributed by atoms with Crippen LogP contribution in [-0.4, -0.2) is 62.2 Å². The summed E-state index contributed by atoms with van der Waals surface area (Å²) in [5, 5.41) is 16.3. The van der Waals surface area contributed by atoms with E-state index in [1.807, 2.05) is 46.4 Å². The number of carbonyl (C=O) groups is 1.